The van der Waals surface area contributed by atoms with Crippen LogP contribution < -0.4 is 10.6 Å². The molecular formula is C23H25N3O2. The quantitative estimate of drug-likeness (QED) is 0.607. The molecule has 28 heavy (non-hydrogen) atoms. The van der Waals surface area contributed by atoms with Crippen molar-refractivity contribution >= 4 is 34.1 Å². The maximum Gasteiger partial charge on any atom is 0.255 e. The van der Waals surface area contributed by atoms with E-state index >= 15 is 0 Å². The average Bonchev–Trinajstić information content (AvgIpc) is 3.07. The molecule has 3 N–H and O–H groups in total. The lowest BCUT2D eigenvalue weighted by molar-refractivity contribution is -0.118. The minimum atomic E-state index is -0.133. The lowest BCUT2D eigenvalue weighted by atomic mass is 9.95. The van der Waals surface area contributed by atoms with Gasteiger partial charge in [0.15, 0.2) is 0 Å². The number of amides is 2. The zero-order valence-electron chi connectivity index (χ0n) is 16.3. The number of anilines is 2. The predicted molar refractivity (Wildman–Crippen MR) is 113 cm³/mol. The van der Waals surface area contributed by atoms with Gasteiger partial charge in [0, 0.05) is 39.5 Å². The monoisotopic (exact) mass is 375 g/mol. The topological polar surface area (TPSA) is 74.0 Å². The first-order chi connectivity index (χ1) is 13.5. The van der Waals surface area contributed by atoms with Gasteiger partial charge in [-0.15, -0.1) is 0 Å². The normalized spacial score (nSPS) is 13.4. The smallest absolute Gasteiger partial charge is 0.255 e. The first-order valence-electron chi connectivity index (χ1n) is 9.87. The van der Waals surface area contributed by atoms with Crippen LogP contribution in [-0.2, 0) is 17.6 Å². The summed E-state index contributed by atoms with van der Waals surface area (Å²) in [6, 6.07) is 13.0. The molecule has 5 heteroatoms. The Bertz CT molecular complexity index is 1030. The van der Waals surface area contributed by atoms with Crippen LogP contribution in [0.3, 0.4) is 0 Å². The van der Waals surface area contributed by atoms with Crippen LogP contribution in [0, 0.1) is 5.92 Å². The average molecular weight is 375 g/mol. The second kappa shape index (κ2) is 7.50. The van der Waals surface area contributed by atoms with Gasteiger partial charge in [0.05, 0.1) is 0 Å². The molecule has 0 saturated heterocycles. The highest BCUT2D eigenvalue weighted by Crippen LogP contribution is 2.30. The fourth-order valence-corrected chi connectivity index (χ4v) is 3.67. The zero-order valence-corrected chi connectivity index (χ0v) is 16.3. The number of aromatic nitrogens is 1. The van der Waals surface area contributed by atoms with Gasteiger partial charge in [-0.25, -0.2) is 0 Å². The van der Waals surface area contributed by atoms with E-state index in [2.05, 4.69) is 15.6 Å². The molecular weight excluding hydrogens is 350 g/mol. The number of nitrogens with one attached hydrogen (secondary N) is 3. The first kappa shape index (κ1) is 18.3. The molecule has 0 radical (unpaired) electrons. The second-order valence-corrected chi connectivity index (χ2v) is 7.73. The highest BCUT2D eigenvalue weighted by Gasteiger charge is 2.17. The molecule has 2 amide bonds. The molecule has 0 saturated carbocycles. The fraction of sp³-hybridized carbons (Fsp3) is 0.304. The Morgan fingerprint density at radius 3 is 2.32 bits per heavy atom. The maximum absolute atomic E-state index is 12.7. The van der Waals surface area contributed by atoms with Crippen molar-refractivity contribution < 1.29 is 9.59 Å². The van der Waals surface area contributed by atoms with E-state index in [1.54, 1.807) is 24.3 Å². The molecule has 1 aliphatic carbocycles. The molecule has 0 bridgehead atoms. The van der Waals surface area contributed by atoms with Crippen molar-refractivity contribution in [3.8, 4) is 0 Å². The Kier molecular flexibility index (Phi) is 4.90. The Labute approximate surface area is 164 Å². The van der Waals surface area contributed by atoms with Gasteiger partial charge < -0.3 is 15.6 Å². The lowest BCUT2D eigenvalue weighted by Crippen LogP contribution is -2.17. The van der Waals surface area contributed by atoms with Crippen LogP contribution in [0.2, 0.25) is 0 Å². The maximum atomic E-state index is 12.7. The van der Waals surface area contributed by atoms with Crippen LogP contribution >= 0.6 is 0 Å². The Balaban J connectivity index is 1.49. The number of H-pyrrole nitrogens is 1. The first-order valence-corrected chi connectivity index (χ1v) is 9.87. The summed E-state index contributed by atoms with van der Waals surface area (Å²) in [4.78, 5) is 28.0. The van der Waals surface area contributed by atoms with Gasteiger partial charge in [-0.3, -0.25) is 9.59 Å². The Morgan fingerprint density at radius 1 is 0.929 bits per heavy atom. The number of aryl methyl sites for hydroxylation is 2. The summed E-state index contributed by atoms with van der Waals surface area (Å²) in [5, 5.41) is 6.94. The molecule has 3 aromatic rings. The number of aromatic amines is 1. The van der Waals surface area contributed by atoms with Gasteiger partial charge >= 0.3 is 0 Å². The molecule has 1 aliphatic rings. The molecule has 0 fully saturated rings. The number of hydrogen-bond acceptors (Lipinski definition) is 2. The third-order valence-electron chi connectivity index (χ3n) is 5.29. The molecule has 2 aromatic carbocycles. The van der Waals surface area contributed by atoms with Gasteiger partial charge in [-0.05, 0) is 73.7 Å². The van der Waals surface area contributed by atoms with Gasteiger partial charge in [-0.1, -0.05) is 13.8 Å². The largest absolute Gasteiger partial charge is 0.358 e. The van der Waals surface area contributed by atoms with Crippen molar-refractivity contribution in [1.29, 1.82) is 0 Å². The van der Waals surface area contributed by atoms with Crippen LogP contribution in [-0.4, -0.2) is 16.8 Å². The molecule has 1 aromatic heterocycles. The van der Waals surface area contributed by atoms with Crippen molar-refractivity contribution in [2.75, 3.05) is 10.6 Å². The SMILES string of the molecule is CC(C)C(=O)Nc1ccc(NC(=O)c2ccc3[nH]c4c(c3c2)CCCC4)cc1. The fourth-order valence-electron chi connectivity index (χ4n) is 3.67. The van der Waals surface area contributed by atoms with E-state index in [0.29, 0.717) is 11.3 Å². The highest BCUT2D eigenvalue weighted by molar-refractivity contribution is 6.06. The van der Waals surface area contributed by atoms with Gasteiger partial charge in [0.1, 0.15) is 0 Å². The molecule has 1 heterocycles. The molecule has 0 unspecified atom stereocenters. The van der Waals surface area contributed by atoms with E-state index in [-0.39, 0.29) is 17.7 Å². The van der Waals surface area contributed by atoms with Crippen molar-refractivity contribution in [2.24, 2.45) is 5.92 Å². The lowest BCUT2D eigenvalue weighted by Gasteiger charge is -2.11. The van der Waals surface area contributed by atoms with Crippen molar-refractivity contribution in [2.45, 2.75) is 39.5 Å². The van der Waals surface area contributed by atoms with Crippen molar-refractivity contribution in [3.63, 3.8) is 0 Å². The van der Waals surface area contributed by atoms with Gasteiger partial charge in [0.2, 0.25) is 5.91 Å². The number of fused-ring (bicyclic) bond motifs is 3. The summed E-state index contributed by atoms with van der Waals surface area (Å²) >= 11 is 0. The highest BCUT2D eigenvalue weighted by atomic mass is 16.2. The zero-order chi connectivity index (χ0) is 19.7. The second-order valence-electron chi connectivity index (χ2n) is 7.73. The van der Waals surface area contributed by atoms with E-state index in [9.17, 15) is 9.59 Å². The predicted octanol–water partition coefficient (Wildman–Crippen LogP) is 4.89. The number of carbonyl (C=O) groups is 2. The summed E-state index contributed by atoms with van der Waals surface area (Å²) < 4.78 is 0. The summed E-state index contributed by atoms with van der Waals surface area (Å²) in [6.45, 7) is 3.70. The van der Waals surface area contributed by atoms with Crippen molar-refractivity contribution in [1.82, 2.24) is 4.98 Å². The number of benzene rings is 2. The van der Waals surface area contributed by atoms with E-state index in [0.717, 1.165) is 29.4 Å². The summed E-state index contributed by atoms with van der Waals surface area (Å²) in [6.07, 6.45) is 4.59. The van der Waals surface area contributed by atoms with Gasteiger partial charge in [0.25, 0.3) is 5.91 Å². The minimum Gasteiger partial charge on any atom is -0.358 e. The summed E-state index contributed by atoms with van der Waals surface area (Å²) in [5.41, 5.74) is 5.85. The molecule has 0 aliphatic heterocycles. The number of carbonyl (C=O) groups excluding carboxylic acids is 2. The van der Waals surface area contributed by atoms with E-state index < -0.39 is 0 Å². The Morgan fingerprint density at radius 2 is 1.61 bits per heavy atom. The van der Waals surface area contributed by atoms with Crippen LogP contribution in [0.1, 0.15) is 48.3 Å². The standard InChI is InChI=1S/C23H25N3O2/c1-14(2)22(27)24-16-8-10-17(11-9-16)25-23(28)15-7-12-21-19(13-15)18-5-3-4-6-20(18)26-21/h7-14,26H,3-6H2,1-2H3,(H,24,27)(H,25,28). The van der Waals surface area contributed by atoms with Crippen LogP contribution in [0.15, 0.2) is 42.5 Å². The Hall–Kier alpha value is -3.08. The molecule has 5 nitrogen and oxygen atoms in total. The molecule has 144 valence electrons. The van der Waals surface area contributed by atoms with Gasteiger partial charge in [-0.2, -0.15) is 0 Å². The van der Waals surface area contributed by atoms with E-state index in [1.165, 1.54) is 24.1 Å². The summed E-state index contributed by atoms with van der Waals surface area (Å²) in [5.74, 6) is -0.236. The molecule has 4 rings (SSSR count). The van der Waals surface area contributed by atoms with Crippen LogP contribution in [0.5, 0.6) is 0 Å². The number of hydrogen-bond donors (Lipinski definition) is 3. The molecule has 0 atom stereocenters. The number of rotatable bonds is 4. The van der Waals surface area contributed by atoms with Crippen LogP contribution in [0.25, 0.3) is 10.9 Å². The van der Waals surface area contributed by atoms with Crippen molar-refractivity contribution in [3.05, 3.63) is 59.3 Å². The van der Waals surface area contributed by atoms with E-state index in [4.69, 9.17) is 0 Å². The molecule has 0 spiro atoms. The minimum absolute atomic E-state index is 0.0278. The van der Waals surface area contributed by atoms with Crippen LogP contribution in [0.4, 0.5) is 11.4 Å². The third kappa shape index (κ3) is 3.65. The van der Waals surface area contributed by atoms with E-state index in [1.807, 2.05) is 32.0 Å². The third-order valence-corrected chi connectivity index (χ3v) is 5.29. The summed E-state index contributed by atoms with van der Waals surface area (Å²) in [7, 11) is 0.